The highest BCUT2D eigenvalue weighted by Gasteiger charge is 2.33. The molecule has 0 heterocycles. The molecule has 1 aliphatic carbocycles. The van der Waals surface area contributed by atoms with Crippen molar-refractivity contribution in [1.82, 2.24) is 4.90 Å². The Labute approximate surface area is 158 Å². The van der Waals surface area contributed by atoms with Crippen LogP contribution in [0.3, 0.4) is 0 Å². The van der Waals surface area contributed by atoms with Gasteiger partial charge in [-0.05, 0) is 55.2 Å². The molecule has 0 saturated heterocycles. The number of methoxy groups -OCH3 is 1. The number of esters is 1. The zero-order valence-corrected chi connectivity index (χ0v) is 15.5. The van der Waals surface area contributed by atoms with Gasteiger partial charge in [0.05, 0.1) is 7.11 Å². The van der Waals surface area contributed by atoms with E-state index in [1.165, 1.54) is 12.1 Å². The molecular weight excluding hydrogens is 346 g/mol. The number of aromatic hydroxyl groups is 1. The van der Waals surface area contributed by atoms with Crippen LogP contribution in [0.25, 0.3) is 0 Å². The topological polar surface area (TPSA) is 76.1 Å². The maximum atomic E-state index is 12.6. The van der Waals surface area contributed by atoms with E-state index in [0.29, 0.717) is 6.54 Å². The van der Waals surface area contributed by atoms with Crippen molar-refractivity contribution in [3.8, 4) is 11.5 Å². The SMILES string of the molecule is COc1ccc(CN(C(=O)COC(=O)c2ccc(C)cc2O)C2CC2)cc1. The Hall–Kier alpha value is -3.02. The molecule has 0 aromatic heterocycles. The minimum atomic E-state index is -0.707. The molecule has 1 fully saturated rings. The summed E-state index contributed by atoms with van der Waals surface area (Å²) in [4.78, 5) is 26.5. The van der Waals surface area contributed by atoms with Gasteiger partial charge < -0.3 is 19.5 Å². The maximum absolute atomic E-state index is 12.6. The van der Waals surface area contributed by atoms with E-state index in [1.807, 2.05) is 31.2 Å². The van der Waals surface area contributed by atoms with E-state index in [2.05, 4.69) is 0 Å². The molecule has 27 heavy (non-hydrogen) atoms. The lowest BCUT2D eigenvalue weighted by Crippen LogP contribution is -2.36. The first kappa shape index (κ1) is 18.8. The van der Waals surface area contributed by atoms with Gasteiger partial charge in [-0.1, -0.05) is 18.2 Å². The average molecular weight is 369 g/mol. The van der Waals surface area contributed by atoms with Gasteiger partial charge >= 0.3 is 5.97 Å². The monoisotopic (exact) mass is 369 g/mol. The molecule has 2 aromatic rings. The van der Waals surface area contributed by atoms with Crippen molar-refractivity contribution < 1.29 is 24.2 Å². The summed E-state index contributed by atoms with van der Waals surface area (Å²) in [7, 11) is 1.61. The molecule has 1 saturated carbocycles. The highest BCUT2D eigenvalue weighted by molar-refractivity contribution is 5.94. The summed E-state index contributed by atoms with van der Waals surface area (Å²) in [5.41, 5.74) is 1.87. The molecule has 6 heteroatoms. The van der Waals surface area contributed by atoms with Crippen molar-refractivity contribution in [3.63, 3.8) is 0 Å². The van der Waals surface area contributed by atoms with Crippen LogP contribution < -0.4 is 4.74 Å². The molecule has 0 unspecified atom stereocenters. The number of phenols is 1. The molecule has 6 nitrogen and oxygen atoms in total. The Bertz CT molecular complexity index is 827. The van der Waals surface area contributed by atoms with Crippen LogP contribution in [-0.4, -0.2) is 41.6 Å². The number of hydrogen-bond acceptors (Lipinski definition) is 5. The first-order valence-electron chi connectivity index (χ1n) is 8.87. The van der Waals surface area contributed by atoms with Crippen molar-refractivity contribution in [3.05, 3.63) is 59.2 Å². The van der Waals surface area contributed by atoms with Gasteiger partial charge in [0.25, 0.3) is 5.91 Å². The van der Waals surface area contributed by atoms with Gasteiger partial charge in [-0.3, -0.25) is 4.79 Å². The second-order valence-electron chi connectivity index (χ2n) is 6.70. The number of carbonyl (C=O) groups excluding carboxylic acids is 2. The van der Waals surface area contributed by atoms with Gasteiger partial charge in [0.1, 0.15) is 17.1 Å². The zero-order chi connectivity index (χ0) is 19.4. The third-order valence-electron chi connectivity index (χ3n) is 4.52. The zero-order valence-electron chi connectivity index (χ0n) is 15.5. The molecular formula is C21H23NO5. The number of aryl methyl sites for hydroxylation is 1. The molecule has 0 bridgehead atoms. The first-order chi connectivity index (χ1) is 13.0. The van der Waals surface area contributed by atoms with E-state index in [1.54, 1.807) is 18.1 Å². The van der Waals surface area contributed by atoms with Crippen molar-refractivity contribution in [2.75, 3.05) is 13.7 Å². The van der Waals surface area contributed by atoms with Crippen LogP contribution in [0.4, 0.5) is 0 Å². The molecule has 142 valence electrons. The molecule has 0 aliphatic heterocycles. The predicted molar refractivity (Wildman–Crippen MR) is 99.7 cm³/mol. The van der Waals surface area contributed by atoms with Gasteiger partial charge in [-0.2, -0.15) is 0 Å². The fraction of sp³-hybridized carbons (Fsp3) is 0.333. The van der Waals surface area contributed by atoms with Crippen LogP contribution in [0, 0.1) is 6.92 Å². The molecule has 0 radical (unpaired) electrons. The Morgan fingerprint density at radius 3 is 2.44 bits per heavy atom. The minimum absolute atomic E-state index is 0.0570. The van der Waals surface area contributed by atoms with Crippen molar-refractivity contribution >= 4 is 11.9 Å². The summed E-state index contributed by atoms with van der Waals surface area (Å²) in [5.74, 6) is -0.339. The van der Waals surface area contributed by atoms with E-state index in [-0.39, 0.29) is 29.9 Å². The Morgan fingerprint density at radius 2 is 1.85 bits per heavy atom. The van der Waals surface area contributed by atoms with Gasteiger partial charge in [0, 0.05) is 12.6 Å². The number of nitrogens with zero attached hydrogens (tertiary/aromatic N) is 1. The Morgan fingerprint density at radius 1 is 1.15 bits per heavy atom. The summed E-state index contributed by atoms with van der Waals surface area (Å²) >= 11 is 0. The fourth-order valence-electron chi connectivity index (χ4n) is 2.84. The summed E-state index contributed by atoms with van der Waals surface area (Å²) in [6, 6.07) is 12.4. The van der Waals surface area contributed by atoms with Crippen LogP contribution in [-0.2, 0) is 16.1 Å². The Kier molecular flexibility index (Phi) is 5.64. The number of hydrogen-bond donors (Lipinski definition) is 1. The molecule has 1 N–H and O–H groups in total. The van der Waals surface area contributed by atoms with Crippen LogP contribution in [0.5, 0.6) is 11.5 Å². The highest BCUT2D eigenvalue weighted by atomic mass is 16.5. The van der Waals surface area contributed by atoms with Crippen LogP contribution >= 0.6 is 0 Å². The summed E-state index contributed by atoms with van der Waals surface area (Å²) in [6.45, 7) is 1.92. The van der Waals surface area contributed by atoms with E-state index in [0.717, 1.165) is 29.7 Å². The average Bonchev–Trinajstić information content (AvgIpc) is 3.49. The third kappa shape index (κ3) is 4.78. The number of amides is 1. The lowest BCUT2D eigenvalue weighted by Gasteiger charge is -2.22. The van der Waals surface area contributed by atoms with Gasteiger partial charge in [-0.25, -0.2) is 4.79 Å². The summed E-state index contributed by atoms with van der Waals surface area (Å²) in [5, 5.41) is 9.87. The van der Waals surface area contributed by atoms with Gasteiger partial charge in [-0.15, -0.1) is 0 Å². The normalized spacial score (nSPS) is 13.1. The number of benzene rings is 2. The minimum Gasteiger partial charge on any atom is -0.507 e. The predicted octanol–water partition coefficient (Wildman–Crippen LogP) is 3.06. The van der Waals surface area contributed by atoms with Crippen LogP contribution in [0.15, 0.2) is 42.5 Å². The third-order valence-corrected chi connectivity index (χ3v) is 4.52. The van der Waals surface area contributed by atoms with Gasteiger partial charge in [0.15, 0.2) is 6.61 Å². The number of ether oxygens (including phenoxy) is 2. The lowest BCUT2D eigenvalue weighted by molar-refractivity contribution is -0.135. The standard InChI is InChI=1S/C21H23NO5/c1-14-3-10-18(19(23)11-14)21(25)27-13-20(24)22(16-6-7-16)12-15-4-8-17(26-2)9-5-15/h3-5,8-11,16,23H,6-7,12-13H2,1-2H3. The second-order valence-corrected chi connectivity index (χ2v) is 6.70. The lowest BCUT2D eigenvalue weighted by atomic mass is 10.1. The largest absolute Gasteiger partial charge is 0.507 e. The van der Waals surface area contributed by atoms with E-state index in [4.69, 9.17) is 9.47 Å². The number of phenolic OH excluding ortho intramolecular Hbond substituents is 1. The highest BCUT2D eigenvalue weighted by Crippen LogP contribution is 2.29. The number of rotatable bonds is 7. The maximum Gasteiger partial charge on any atom is 0.342 e. The van der Waals surface area contributed by atoms with Crippen molar-refractivity contribution in [2.24, 2.45) is 0 Å². The van der Waals surface area contributed by atoms with E-state index in [9.17, 15) is 14.7 Å². The number of carbonyl (C=O) groups is 2. The fourth-order valence-corrected chi connectivity index (χ4v) is 2.84. The van der Waals surface area contributed by atoms with Crippen molar-refractivity contribution in [1.29, 1.82) is 0 Å². The second kappa shape index (κ2) is 8.12. The van der Waals surface area contributed by atoms with Gasteiger partial charge in [0.2, 0.25) is 0 Å². The summed E-state index contributed by atoms with van der Waals surface area (Å²) in [6.07, 6.45) is 1.91. The Balaban J connectivity index is 1.60. The molecule has 0 spiro atoms. The molecule has 1 aliphatic rings. The van der Waals surface area contributed by atoms with E-state index < -0.39 is 5.97 Å². The molecule has 2 aromatic carbocycles. The van der Waals surface area contributed by atoms with Crippen molar-refractivity contribution in [2.45, 2.75) is 32.4 Å². The van der Waals surface area contributed by atoms with Crippen LogP contribution in [0.1, 0.15) is 34.3 Å². The van der Waals surface area contributed by atoms with E-state index >= 15 is 0 Å². The quantitative estimate of drug-likeness (QED) is 0.759. The first-order valence-corrected chi connectivity index (χ1v) is 8.87. The van der Waals surface area contributed by atoms with Crippen LogP contribution in [0.2, 0.25) is 0 Å². The smallest absolute Gasteiger partial charge is 0.342 e. The summed E-state index contributed by atoms with van der Waals surface area (Å²) < 4.78 is 10.3. The molecule has 3 rings (SSSR count). The molecule has 1 amide bonds. The molecule has 0 atom stereocenters.